The second kappa shape index (κ2) is 10.2. The third-order valence-corrected chi connectivity index (χ3v) is 4.49. The van der Waals surface area contributed by atoms with Crippen LogP contribution in [0.3, 0.4) is 0 Å². The summed E-state index contributed by atoms with van der Waals surface area (Å²) >= 11 is 3.43. The molecule has 1 atom stereocenters. The summed E-state index contributed by atoms with van der Waals surface area (Å²) < 4.78 is 11.8. The number of methoxy groups -OCH3 is 1. The number of carbonyl (C=O) groups is 1. The molecule has 1 unspecified atom stereocenters. The first kappa shape index (κ1) is 20.3. The van der Waals surface area contributed by atoms with Gasteiger partial charge in [0.25, 0.3) is 5.91 Å². The molecule has 0 saturated carbocycles. The van der Waals surface area contributed by atoms with Gasteiger partial charge >= 0.3 is 0 Å². The number of anilines is 1. The Labute approximate surface area is 163 Å². The molecule has 1 amide bonds. The molecule has 140 valence electrons. The second-order valence-corrected chi connectivity index (χ2v) is 7.18. The number of hydrogen-bond donors (Lipinski definition) is 2. The number of rotatable bonds is 9. The molecule has 5 nitrogen and oxygen atoms in total. The number of aryl methyl sites for hydroxylation is 1. The Kier molecular flexibility index (Phi) is 7.94. The Bertz CT molecular complexity index is 719. The molecule has 0 aliphatic carbocycles. The third-order valence-electron chi connectivity index (χ3n) is 4.00. The van der Waals surface area contributed by atoms with Gasteiger partial charge in [0.15, 0.2) is 6.54 Å². The van der Waals surface area contributed by atoms with Gasteiger partial charge in [-0.3, -0.25) is 4.79 Å². The summed E-state index contributed by atoms with van der Waals surface area (Å²) in [7, 11) is 3.66. The van der Waals surface area contributed by atoms with Crippen LogP contribution in [0, 0.1) is 6.92 Å². The van der Waals surface area contributed by atoms with Crippen LogP contribution < -0.4 is 19.7 Å². The highest BCUT2D eigenvalue weighted by atomic mass is 79.9. The van der Waals surface area contributed by atoms with Crippen molar-refractivity contribution in [1.82, 2.24) is 0 Å². The number of nitrogens with one attached hydrogen (secondary N) is 2. The molecule has 0 aliphatic heterocycles. The van der Waals surface area contributed by atoms with Crippen molar-refractivity contribution in [3.63, 3.8) is 0 Å². The van der Waals surface area contributed by atoms with Crippen molar-refractivity contribution < 1.29 is 19.2 Å². The van der Waals surface area contributed by atoms with Crippen molar-refractivity contribution in [3.05, 3.63) is 52.5 Å². The van der Waals surface area contributed by atoms with E-state index in [0.717, 1.165) is 45.1 Å². The Hall–Kier alpha value is -2.05. The molecular formula is C20H26BrN2O3+. The fourth-order valence-electron chi connectivity index (χ4n) is 2.56. The fraction of sp³-hybridized carbons (Fsp3) is 0.350. The van der Waals surface area contributed by atoms with E-state index in [0.29, 0.717) is 13.2 Å². The molecule has 0 bridgehead atoms. The van der Waals surface area contributed by atoms with Gasteiger partial charge < -0.3 is 19.7 Å². The molecule has 0 aromatic heterocycles. The predicted molar refractivity (Wildman–Crippen MR) is 107 cm³/mol. The highest BCUT2D eigenvalue weighted by Crippen LogP contribution is 2.19. The Balaban J connectivity index is 1.67. The number of carbonyl (C=O) groups excluding carboxylic acids is 1. The largest absolute Gasteiger partial charge is 0.497 e. The Morgan fingerprint density at radius 1 is 1.15 bits per heavy atom. The molecule has 2 aromatic carbocycles. The minimum Gasteiger partial charge on any atom is -0.497 e. The smallest absolute Gasteiger partial charge is 0.279 e. The number of quaternary nitrogens is 1. The van der Waals surface area contributed by atoms with Crippen LogP contribution in [0.5, 0.6) is 11.5 Å². The first-order valence-electron chi connectivity index (χ1n) is 8.62. The number of benzene rings is 2. The number of likely N-dealkylation sites (N-methyl/N-ethyl adjacent to an activating group) is 1. The van der Waals surface area contributed by atoms with Crippen molar-refractivity contribution >= 4 is 27.5 Å². The first-order chi connectivity index (χ1) is 12.5. The maximum atomic E-state index is 12.2. The van der Waals surface area contributed by atoms with E-state index < -0.39 is 0 Å². The van der Waals surface area contributed by atoms with Gasteiger partial charge in [-0.2, -0.15) is 0 Å². The van der Waals surface area contributed by atoms with E-state index in [1.165, 1.54) is 0 Å². The number of hydrogen-bond acceptors (Lipinski definition) is 3. The van der Waals surface area contributed by atoms with Crippen LogP contribution in [0.25, 0.3) is 0 Å². The zero-order chi connectivity index (χ0) is 18.9. The van der Waals surface area contributed by atoms with Crippen LogP contribution in [-0.2, 0) is 4.79 Å². The first-order valence-corrected chi connectivity index (χ1v) is 9.41. The number of amides is 1. The van der Waals surface area contributed by atoms with Gasteiger partial charge in [-0.25, -0.2) is 0 Å². The summed E-state index contributed by atoms with van der Waals surface area (Å²) in [5.41, 5.74) is 1.90. The minimum atomic E-state index is 0.0176. The maximum Gasteiger partial charge on any atom is 0.279 e. The Morgan fingerprint density at radius 3 is 2.50 bits per heavy atom. The molecule has 2 rings (SSSR count). The van der Waals surface area contributed by atoms with Crippen LogP contribution in [0.1, 0.15) is 12.0 Å². The predicted octanol–water partition coefficient (Wildman–Crippen LogP) is 2.69. The maximum absolute atomic E-state index is 12.2. The highest BCUT2D eigenvalue weighted by molar-refractivity contribution is 9.10. The standard InChI is InChI=1S/C20H25BrN2O3/c1-15-13-16(21)5-10-19(15)22-20(24)14-23(2)11-4-12-26-18-8-6-17(25-3)7-9-18/h5-10,13H,4,11-12,14H2,1-3H3,(H,22,24)/p+1. The van der Waals surface area contributed by atoms with E-state index >= 15 is 0 Å². The molecule has 0 fully saturated rings. The summed E-state index contributed by atoms with van der Waals surface area (Å²) in [6, 6.07) is 13.4. The van der Waals surface area contributed by atoms with Crippen molar-refractivity contribution in [2.45, 2.75) is 13.3 Å². The second-order valence-electron chi connectivity index (χ2n) is 6.27. The van der Waals surface area contributed by atoms with Gasteiger partial charge in [0, 0.05) is 16.6 Å². The van der Waals surface area contributed by atoms with Crippen molar-refractivity contribution in [3.8, 4) is 11.5 Å². The van der Waals surface area contributed by atoms with E-state index in [9.17, 15) is 4.79 Å². The quantitative estimate of drug-likeness (QED) is 0.611. The van der Waals surface area contributed by atoms with Crippen LogP contribution in [0.4, 0.5) is 5.69 Å². The molecule has 0 aliphatic rings. The number of halogens is 1. The van der Waals surface area contributed by atoms with E-state index in [1.807, 2.05) is 56.4 Å². The average Bonchev–Trinajstić information content (AvgIpc) is 2.61. The van der Waals surface area contributed by atoms with Crippen molar-refractivity contribution in [2.24, 2.45) is 0 Å². The SMILES string of the molecule is COc1ccc(OCCC[NH+](C)CC(=O)Nc2ccc(Br)cc2C)cc1. The lowest BCUT2D eigenvalue weighted by molar-refractivity contribution is -0.871. The lowest BCUT2D eigenvalue weighted by Crippen LogP contribution is -3.10. The molecule has 0 spiro atoms. The summed E-state index contributed by atoms with van der Waals surface area (Å²) in [5.74, 6) is 1.66. The summed E-state index contributed by atoms with van der Waals surface area (Å²) in [6.45, 7) is 3.89. The van der Waals surface area contributed by atoms with Gasteiger partial charge in [-0.1, -0.05) is 15.9 Å². The molecule has 26 heavy (non-hydrogen) atoms. The average molecular weight is 422 g/mol. The van der Waals surface area contributed by atoms with Gasteiger partial charge in [0.2, 0.25) is 0 Å². The van der Waals surface area contributed by atoms with Crippen LogP contribution in [0.15, 0.2) is 46.9 Å². The molecule has 2 N–H and O–H groups in total. The molecule has 0 heterocycles. The van der Waals surface area contributed by atoms with E-state index in [2.05, 4.69) is 21.2 Å². The Morgan fingerprint density at radius 2 is 1.85 bits per heavy atom. The van der Waals surface area contributed by atoms with E-state index in [1.54, 1.807) is 7.11 Å². The molecular weight excluding hydrogens is 396 g/mol. The summed E-state index contributed by atoms with van der Waals surface area (Å²) in [4.78, 5) is 13.3. The van der Waals surface area contributed by atoms with Crippen LogP contribution in [0.2, 0.25) is 0 Å². The van der Waals surface area contributed by atoms with Crippen LogP contribution in [-0.4, -0.2) is 39.8 Å². The lowest BCUT2D eigenvalue weighted by atomic mass is 10.2. The van der Waals surface area contributed by atoms with Crippen molar-refractivity contribution in [2.75, 3.05) is 39.2 Å². The normalized spacial score (nSPS) is 11.7. The molecule has 2 aromatic rings. The fourth-order valence-corrected chi connectivity index (χ4v) is 3.04. The van der Waals surface area contributed by atoms with E-state index in [4.69, 9.17) is 9.47 Å². The highest BCUT2D eigenvalue weighted by Gasteiger charge is 2.11. The van der Waals surface area contributed by atoms with Crippen LogP contribution >= 0.6 is 15.9 Å². The summed E-state index contributed by atoms with van der Waals surface area (Å²) in [5, 5.41) is 2.97. The topological polar surface area (TPSA) is 52.0 Å². The zero-order valence-corrected chi connectivity index (χ0v) is 17.1. The molecule has 0 saturated heterocycles. The molecule has 0 radical (unpaired) electrons. The van der Waals surface area contributed by atoms with Gasteiger partial charge in [0.05, 0.1) is 27.3 Å². The lowest BCUT2D eigenvalue weighted by Gasteiger charge is -2.15. The van der Waals surface area contributed by atoms with Gasteiger partial charge in [0.1, 0.15) is 11.5 Å². The van der Waals surface area contributed by atoms with Gasteiger partial charge in [-0.15, -0.1) is 0 Å². The minimum absolute atomic E-state index is 0.0176. The summed E-state index contributed by atoms with van der Waals surface area (Å²) in [6.07, 6.45) is 0.877. The number of ether oxygens (including phenoxy) is 2. The monoisotopic (exact) mass is 421 g/mol. The van der Waals surface area contributed by atoms with E-state index in [-0.39, 0.29) is 5.91 Å². The van der Waals surface area contributed by atoms with Crippen molar-refractivity contribution in [1.29, 1.82) is 0 Å². The third kappa shape index (κ3) is 6.69. The molecule has 6 heteroatoms. The zero-order valence-electron chi connectivity index (χ0n) is 15.5. The van der Waals surface area contributed by atoms with Gasteiger partial charge in [-0.05, 0) is 55.0 Å².